The first-order valence-corrected chi connectivity index (χ1v) is 13.8. The molecule has 4 aromatic rings. The molecular formula is C26H32N8OS. The number of aromatic nitrogens is 5. The number of hydrogen-bond donors (Lipinski definition) is 1. The van der Waals surface area contributed by atoms with Gasteiger partial charge in [-0.1, -0.05) is 30.7 Å². The SMILES string of the molecule is CCc1cc2c(N3CCN(C(=O)[C@@H]4CCC[C@H](Cn5nnc6ccccc65)C4)CC3)nc(N)nc2s1. The maximum absolute atomic E-state index is 13.5. The lowest BCUT2D eigenvalue weighted by molar-refractivity contribution is -0.137. The zero-order valence-electron chi connectivity index (χ0n) is 20.6. The summed E-state index contributed by atoms with van der Waals surface area (Å²) in [5, 5.41) is 9.73. The van der Waals surface area contributed by atoms with Gasteiger partial charge in [-0.2, -0.15) is 4.98 Å². The van der Waals surface area contributed by atoms with Crippen LogP contribution in [-0.2, 0) is 17.8 Å². The number of hydrogen-bond acceptors (Lipinski definition) is 8. The first-order valence-electron chi connectivity index (χ1n) is 13.0. The second-order valence-corrected chi connectivity index (χ2v) is 11.1. The summed E-state index contributed by atoms with van der Waals surface area (Å²) in [7, 11) is 0. The molecule has 0 radical (unpaired) electrons. The third kappa shape index (κ3) is 4.38. The van der Waals surface area contributed by atoms with Crippen molar-refractivity contribution in [1.82, 2.24) is 29.9 Å². The van der Waals surface area contributed by atoms with E-state index in [1.807, 2.05) is 22.9 Å². The lowest BCUT2D eigenvalue weighted by atomic mass is 9.80. The molecule has 0 spiro atoms. The van der Waals surface area contributed by atoms with Crippen molar-refractivity contribution >= 4 is 50.3 Å². The molecule has 2 fully saturated rings. The quantitative estimate of drug-likeness (QED) is 0.441. The molecule has 10 heteroatoms. The predicted octanol–water partition coefficient (Wildman–Crippen LogP) is 3.74. The van der Waals surface area contributed by atoms with Gasteiger partial charge < -0.3 is 15.5 Å². The number of anilines is 2. The number of amides is 1. The van der Waals surface area contributed by atoms with Crippen LogP contribution in [-0.4, -0.2) is 61.9 Å². The molecule has 188 valence electrons. The van der Waals surface area contributed by atoms with E-state index in [9.17, 15) is 4.79 Å². The molecule has 4 heterocycles. The molecule has 2 atom stereocenters. The van der Waals surface area contributed by atoms with E-state index in [-0.39, 0.29) is 5.92 Å². The standard InChI is InChI=1S/C26H32N8OS/c1-2-19-15-20-23(28-26(27)29-24(20)36-19)32-10-12-33(13-11-32)25(35)18-7-5-6-17(14-18)16-34-22-9-4-3-8-21(22)30-31-34/h3-4,8-9,15,17-18H,2,5-7,10-14,16H2,1H3,(H2,27,28,29)/t17-,18+/m0/s1. The number of nitrogens with two attached hydrogens (primary N) is 1. The minimum Gasteiger partial charge on any atom is -0.368 e. The highest BCUT2D eigenvalue weighted by Crippen LogP contribution is 2.34. The lowest BCUT2D eigenvalue weighted by Crippen LogP contribution is -2.51. The van der Waals surface area contributed by atoms with Gasteiger partial charge in [0.15, 0.2) is 0 Å². The average Bonchev–Trinajstić information content (AvgIpc) is 3.52. The van der Waals surface area contributed by atoms with E-state index in [0.29, 0.717) is 30.9 Å². The van der Waals surface area contributed by atoms with Crippen LogP contribution >= 0.6 is 11.3 Å². The summed E-state index contributed by atoms with van der Waals surface area (Å²) in [4.78, 5) is 29.1. The fraction of sp³-hybridized carbons (Fsp3) is 0.500. The van der Waals surface area contributed by atoms with E-state index >= 15 is 0 Å². The van der Waals surface area contributed by atoms with Crippen molar-refractivity contribution in [2.24, 2.45) is 11.8 Å². The highest BCUT2D eigenvalue weighted by molar-refractivity contribution is 7.18. The molecule has 36 heavy (non-hydrogen) atoms. The second kappa shape index (κ2) is 9.65. The Bertz CT molecular complexity index is 1390. The van der Waals surface area contributed by atoms with E-state index < -0.39 is 0 Å². The number of nitrogen functional groups attached to an aromatic ring is 1. The monoisotopic (exact) mass is 504 g/mol. The maximum Gasteiger partial charge on any atom is 0.225 e. The van der Waals surface area contributed by atoms with E-state index in [1.165, 1.54) is 4.88 Å². The highest BCUT2D eigenvalue weighted by atomic mass is 32.1. The maximum atomic E-state index is 13.5. The summed E-state index contributed by atoms with van der Waals surface area (Å²) in [5.41, 5.74) is 8.02. The zero-order chi connectivity index (χ0) is 24.6. The molecule has 3 aromatic heterocycles. The Morgan fingerprint density at radius 2 is 1.97 bits per heavy atom. The van der Waals surface area contributed by atoms with Crippen LogP contribution in [0.4, 0.5) is 11.8 Å². The number of thiophene rings is 1. The van der Waals surface area contributed by atoms with Gasteiger partial charge in [0, 0.05) is 43.5 Å². The van der Waals surface area contributed by atoms with Gasteiger partial charge in [0.1, 0.15) is 16.2 Å². The molecule has 2 N–H and O–H groups in total. The van der Waals surface area contributed by atoms with Gasteiger partial charge in [0.05, 0.1) is 10.9 Å². The van der Waals surface area contributed by atoms with Crippen molar-refractivity contribution in [2.75, 3.05) is 36.8 Å². The molecule has 1 aromatic carbocycles. The summed E-state index contributed by atoms with van der Waals surface area (Å²) in [6.45, 7) is 5.91. The number of rotatable bonds is 5. The Labute approximate surface area is 214 Å². The Balaban J connectivity index is 1.10. The van der Waals surface area contributed by atoms with E-state index in [2.05, 4.69) is 49.1 Å². The van der Waals surface area contributed by atoms with Crippen LogP contribution in [0.3, 0.4) is 0 Å². The van der Waals surface area contributed by atoms with Crippen molar-refractivity contribution in [1.29, 1.82) is 0 Å². The number of piperazine rings is 1. The van der Waals surface area contributed by atoms with Crippen LogP contribution in [0, 0.1) is 11.8 Å². The highest BCUT2D eigenvalue weighted by Gasteiger charge is 2.33. The Morgan fingerprint density at radius 1 is 1.14 bits per heavy atom. The molecule has 1 saturated heterocycles. The third-order valence-corrected chi connectivity index (χ3v) is 8.84. The van der Waals surface area contributed by atoms with Crippen LogP contribution in [0.1, 0.15) is 37.5 Å². The van der Waals surface area contributed by atoms with Crippen LogP contribution in [0.15, 0.2) is 30.3 Å². The smallest absolute Gasteiger partial charge is 0.225 e. The van der Waals surface area contributed by atoms with Crippen LogP contribution in [0.25, 0.3) is 21.3 Å². The van der Waals surface area contributed by atoms with E-state index in [1.54, 1.807) is 11.3 Å². The number of nitrogens with zero attached hydrogens (tertiary/aromatic N) is 7. The normalized spacial score (nSPS) is 20.9. The van der Waals surface area contributed by atoms with E-state index in [4.69, 9.17) is 5.73 Å². The number of fused-ring (bicyclic) bond motifs is 2. The predicted molar refractivity (Wildman–Crippen MR) is 143 cm³/mol. The number of aryl methyl sites for hydroxylation is 1. The largest absolute Gasteiger partial charge is 0.368 e. The van der Waals surface area contributed by atoms with Gasteiger partial charge in [-0.05, 0) is 49.8 Å². The first-order chi connectivity index (χ1) is 17.6. The molecule has 1 aliphatic carbocycles. The molecule has 0 bridgehead atoms. The Hall–Kier alpha value is -3.27. The van der Waals surface area contributed by atoms with Crippen LogP contribution in [0.5, 0.6) is 0 Å². The van der Waals surface area contributed by atoms with E-state index in [0.717, 1.165) is 78.8 Å². The van der Waals surface area contributed by atoms with Gasteiger partial charge in [-0.15, -0.1) is 16.4 Å². The zero-order valence-corrected chi connectivity index (χ0v) is 21.5. The molecule has 9 nitrogen and oxygen atoms in total. The number of para-hydroxylation sites is 1. The Morgan fingerprint density at radius 3 is 2.81 bits per heavy atom. The average molecular weight is 505 g/mol. The van der Waals surface area contributed by atoms with Crippen LogP contribution in [0.2, 0.25) is 0 Å². The fourth-order valence-electron chi connectivity index (χ4n) is 5.76. The van der Waals surface area contributed by atoms with Crippen LogP contribution < -0.4 is 10.6 Å². The minimum absolute atomic E-state index is 0.0930. The van der Waals surface area contributed by atoms with Crippen molar-refractivity contribution in [3.05, 3.63) is 35.2 Å². The van der Waals surface area contributed by atoms with Crippen molar-refractivity contribution in [3.8, 4) is 0 Å². The molecule has 1 aliphatic heterocycles. The number of carbonyl (C=O) groups is 1. The van der Waals surface area contributed by atoms with Gasteiger partial charge in [0.25, 0.3) is 0 Å². The third-order valence-electron chi connectivity index (χ3n) is 7.66. The summed E-state index contributed by atoms with van der Waals surface area (Å²) in [6.07, 6.45) is 5.09. The van der Waals surface area contributed by atoms with Crippen molar-refractivity contribution in [3.63, 3.8) is 0 Å². The minimum atomic E-state index is 0.0930. The van der Waals surface area contributed by atoms with Crippen molar-refractivity contribution in [2.45, 2.75) is 45.6 Å². The summed E-state index contributed by atoms with van der Waals surface area (Å²) >= 11 is 1.68. The van der Waals surface area contributed by atoms with Gasteiger partial charge in [-0.3, -0.25) is 4.79 Å². The lowest BCUT2D eigenvalue weighted by Gasteiger charge is -2.38. The Kier molecular flexibility index (Phi) is 6.20. The van der Waals surface area contributed by atoms with Gasteiger partial charge in [-0.25, -0.2) is 9.67 Å². The molecule has 2 aliphatic rings. The summed E-state index contributed by atoms with van der Waals surface area (Å²) in [6, 6.07) is 10.3. The fourth-order valence-corrected chi connectivity index (χ4v) is 6.73. The molecule has 6 rings (SSSR count). The first kappa shape index (κ1) is 23.1. The summed E-state index contributed by atoms with van der Waals surface area (Å²) in [5.74, 6) is 2.06. The molecular weight excluding hydrogens is 472 g/mol. The number of carbonyl (C=O) groups excluding carboxylic acids is 1. The van der Waals surface area contributed by atoms with Crippen molar-refractivity contribution < 1.29 is 4.79 Å². The molecule has 1 amide bonds. The molecule has 1 saturated carbocycles. The van der Waals surface area contributed by atoms with Gasteiger partial charge >= 0.3 is 0 Å². The topological polar surface area (TPSA) is 106 Å². The molecule has 0 unspecified atom stereocenters. The second-order valence-electron chi connectivity index (χ2n) is 9.99. The van der Waals surface area contributed by atoms with Gasteiger partial charge in [0.2, 0.25) is 11.9 Å². The summed E-state index contributed by atoms with van der Waals surface area (Å²) < 4.78 is 2.01. The number of benzene rings is 1.